The van der Waals surface area contributed by atoms with E-state index in [0.29, 0.717) is 32.1 Å². The number of allylic oxidation sites excluding steroid dienone is 5. The Labute approximate surface area is 378 Å². The lowest BCUT2D eigenvalue weighted by Gasteiger charge is -2.20. The highest BCUT2D eigenvalue weighted by Crippen LogP contribution is 2.43. The van der Waals surface area contributed by atoms with E-state index in [2.05, 4.69) is 30.5 Å². The number of hydrogen-bond donors (Lipinski definition) is 5. The fraction of sp³-hybridized carbons (Fsp3) is 0.792. The van der Waals surface area contributed by atoms with Crippen molar-refractivity contribution in [1.29, 1.82) is 0 Å². The van der Waals surface area contributed by atoms with Gasteiger partial charge >= 0.3 is 25.7 Å². The summed E-state index contributed by atoms with van der Waals surface area (Å²) in [6.45, 7) is 2.44. The molecule has 1 unspecified atom stereocenters. The number of carbonyl (C=O) groups excluding carboxylic acids is 3. The molecule has 0 aromatic carbocycles. The number of phosphoric acid groups is 1. The summed E-state index contributed by atoms with van der Waals surface area (Å²) in [5.74, 6) is -3.42. The Morgan fingerprint density at radius 1 is 0.730 bits per heavy atom. The number of carboxylic acid groups (broad SMARTS) is 1. The maximum Gasteiger partial charge on any atom is 0.472 e. The number of ether oxygens (including phenoxy) is 2. The van der Waals surface area contributed by atoms with Crippen LogP contribution in [-0.2, 0) is 42.3 Å². The minimum absolute atomic E-state index is 0.0308. The Kier molecular flexibility index (Phi) is 34.7. The van der Waals surface area contributed by atoms with E-state index in [1.54, 1.807) is 12.2 Å². The number of nitrogens with two attached hydrogens (primary N) is 1. The van der Waals surface area contributed by atoms with Crippen molar-refractivity contribution in [3.63, 3.8) is 0 Å². The van der Waals surface area contributed by atoms with Crippen molar-refractivity contribution in [1.82, 2.24) is 0 Å². The first-order valence-corrected chi connectivity index (χ1v) is 25.6. The van der Waals surface area contributed by atoms with Crippen molar-refractivity contribution in [3.05, 3.63) is 36.5 Å². The van der Waals surface area contributed by atoms with Gasteiger partial charge in [0.25, 0.3) is 0 Å². The van der Waals surface area contributed by atoms with E-state index >= 15 is 0 Å². The van der Waals surface area contributed by atoms with Gasteiger partial charge in [0.1, 0.15) is 18.4 Å². The average Bonchev–Trinajstić information content (AvgIpc) is 3.52. The number of unbranched alkanes of at least 4 members (excludes halogenated alkanes) is 18. The van der Waals surface area contributed by atoms with Crippen molar-refractivity contribution in [2.24, 2.45) is 17.6 Å². The van der Waals surface area contributed by atoms with E-state index in [1.165, 1.54) is 70.6 Å². The highest BCUT2D eigenvalue weighted by atomic mass is 31.2. The van der Waals surface area contributed by atoms with Crippen LogP contribution in [0.5, 0.6) is 0 Å². The van der Waals surface area contributed by atoms with Gasteiger partial charge in [0.05, 0.1) is 25.4 Å². The van der Waals surface area contributed by atoms with Crippen molar-refractivity contribution < 1.29 is 62.5 Å². The van der Waals surface area contributed by atoms with Gasteiger partial charge < -0.3 is 35.4 Å². The number of phosphoric ester groups is 1. The standard InChI is InChI=1S/C48H84NO13P/c1-3-5-7-8-9-10-11-12-13-14-15-16-17-18-19-20-21-22-28-32-47(54)62-40(37-60-63(57,58)61-38-43(49)48(55)56)36-59-46(53)31-27-24-23-26-30-41-42(45(52)35-44(41)51)34-33-39(50)29-25-6-4-2/h12-13,23,26,33-34,39-44,50-51H,3-11,14-22,24-25,27-32,35-38,49H2,1-2H3,(H,55,56)(H,57,58)/b13-12-,26-23-,34-33+/t39-,40+,41+,42+,43-,44-/m0/s1. The molecule has 1 fully saturated rings. The number of Topliss-reactive ketones (excluding diaryl/α,β-unsaturated/α-hetero) is 1. The van der Waals surface area contributed by atoms with Crippen LogP contribution in [0.1, 0.15) is 187 Å². The molecule has 7 atom stereocenters. The molecular weight excluding hydrogens is 829 g/mol. The third kappa shape index (κ3) is 31.7. The second kappa shape index (κ2) is 37.5. The third-order valence-corrected chi connectivity index (χ3v) is 12.2. The van der Waals surface area contributed by atoms with E-state index < -0.39 is 75.8 Å². The second-order valence-electron chi connectivity index (χ2n) is 17.0. The smallest absolute Gasteiger partial charge is 0.472 e. The zero-order chi connectivity index (χ0) is 46.6. The third-order valence-electron chi connectivity index (χ3n) is 11.2. The molecule has 15 heteroatoms. The molecular formula is C48H84NO13P. The number of aliphatic hydroxyl groups is 2. The molecule has 364 valence electrons. The number of esters is 2. The molecule has 63 heavy (non-hydrogen) atoms. The topological polar surface area (TPSA) is 229 Å². The van der Waals surface area contributed by atoms with Crippen LogP contribution in [0.4, 0.5) is 0 Å². The Morgan fingerprint density at radius 3 is 1.87 bits per heavy atom. The van der Waals surface area contributed by atoms with Gasteiger partial charge in [-0.3, -0.25) is 28.2 Å². The van der Waals surface area contributed by atoms with Gasteiger partial charge in [-0.1, -0.05) is 147 Å². The van der Waals surface area contributed by atoms with E-state index in [4.69, 9.17) is 24.8 Å². The predicted molar refractivity (Wildman–Crippen MR) is 246 cm³/mol. The molecule has 0 aromatic rings. The van der Waals surface area contributed by atoms with Crippen molar-refractivity contribution in [2.75, 3.05) is 19.8 Å². The van der Waals surface area contributed by atoms with E-state index in [0.717, 1.165) is 51.4 Å². The van der Waals surface area contributed by atoms with Crippen LogP contribution < -0.4 is 5.73 Å². The highest BCUT2D eigenvalue weighted by molar-refractivity contribution is 7.47. The van der Waals surface area contributed by atoms with Crippen LogP contribution >= 0.6 is 7.82 Å². The Bertz CT molecular complexity index is 1370. The summed E-state index contributed by atoms with van der Waals surface area (Å²) in [6, 6.07) is -1.56. The predicted octanol–water partition coefficient (Wildman–Crippen LogP) is 9.76. The second-order valence-corrected chi connectivity index (χ2v) is 18.5. The number of ketones is 1. The number of carbonyl (C=O) groups is 4. The van der Waals surface area contributed by atoms with Gasteiger partial charge in [-0.15, -0.1) is 0 Å². The lowest BCUT2D eigenvalue weighted by Crippen LogP contribution is -2.34. The summed E-state index contributed by atoms with van der Waals surface area (Å²) in [6.07, 6.45) is 34.3. The summed E-state index contributed by atoms with van der Waals surface area (Å²) in [7, 11) is -4.79. The minimum atomic E-state index is -4.79. The van der Waals surface area contributed by atoms with Crippen molar-refractivity contribution in [2.45, 2.75) is 212 Å². The Balaban J connectivity index is 2.44. The van der Waals surface area contributed by atoms with E-state index in [-0.39, 0.29) is 31.0 Å². The molecule has 0 radical (unpaired) electrons. The normalized spacial score (nSPS) is 19.2. The summed E-state index contributed by atoms with van der Waals surface area (Å²) in [5.41, 5.74) is 5.34. The van der Waals surface area contributed by atoms with Crippen LogP contribution in [0.3, 0.4) is 0 Å². The Hall–Kier alpha value is -2.71. The molecule has 1 rings (SSSR count). The SMILES string of the molecule is CCCCCCCC/C=C\CCCCCCCCCCCC(=O)O[C@H](COC(=O)CCC/C=C\C[C@H]1[C@@H](O)CC(=O)[C@@H]1/C=C/[C@@H](O)CCCCC)COP(=O)(O)OC[C@H](N)C(=O)O. The van der Waals surface area contributed by atoms with Crippen molar-refractivity contribution in [3.8, 4) is 0 Å². The van der Waals surface area contributed by atoms with Crippen LogP contribution in [0.25, 0.3) is 0 Å². The monoisotopic (exact) mass is 914 g/mol. The van der Waals surface area contributed by atoms with E-state index in [1.807, 2.05) is 12.2 Å². The summed E-state index contributed by atoms with van der Waals surface area (Å²) >= 11 is 0. The van der Waals surface area contributed by atoms with E-state index in [9.17, 15) is 38.8 Å². The average molecular weight is 914 g/mol. The molecule has 6 N–H and O–H groups in total. The summed E-state index contributed by atoms with van der Waals surface area (Å²) < 4.78 is 32.7. The van der Waals surface area contributed by atoms with Crippen molar-refractivity contribution >= 4 is 31.5 Å². The number of rotatable bonds is 41. The van der Waals surface area contributed by atoms with Crippen LogP contribution in [0.15, 0.2) is 36.5 Å². The molecule has 14 nitrogen and oxygen atoms in total. The zero-order valence-electron chi connectivity index (χ0n) is 38.6. The van der Waals surface area contributed by atoms with Gasteiger partial charge in [0.2, 0.25) is 0 Å². The van der Waals surface area contributed by atoms with Gasteiger partial charge in [-0.2, -0.15) is 0 Å². The zero-order valence-corrected chi connectivity index (χ0v) is 39.5. The quantitative estimate of drug-likeness (QED) is 0.0166. The number of carboxylic acids is 1. The fourth-order valence-corrected chi connectivity index (χ4v) is 8.11. The summed E-state index contributed by atoms with van der Waals surface area (Å²) in [4.78, 5) is 58.8. The molecule has 0 heterocycles. The molecule has 1 saturated carbocycles. The van der Waals surface area contributed by atoms with Crippen LogP contribution in [0.2, 0.25) is 0 Å². The summed E-state index contributed by atoms with van der Waals surface area (Å²) in [5, 5.41) is 29.6. The van der Waals surface area contributed by atoms with Gasteiger partial charge in [0.15, 0.2) is 6.10 Å². The molecule has 0 bridgehead atoms. The lowest BCUT2D eigenvalue weighted by atomic mass is 9.90. The highest BCUT2D eigenvalue weighted by Gasteiger charge is 2.39. The molecule has 0 aliphatic heterocycles. The maximum atomic E-state index is 12.7. The molecule has 0 aromatic heterocycles. The first-order chi connectivity index (χ1) is 30.3. The largest absolute Gasteiger partial charge is 0.480 e. The number of aliphatic carboxylic acids is 1. The molecule has 0 spiro atoms. The first-order valence-electron chi connectivity index (χ1n) is 24.1. The van der Waals surface area contributed by atoms with Gasteiger partial charge in [-0.25, -0.2) is 4.57 Å². The maximum absolute atomic E-state index is 12.7. The molecule has 1 aliphatic rings. The molecule has 1 aliphatic carbocycles. The first kappa shape index (κ1) is 58.3. The lowest BCUT2D eigenvalue weighted by molar-refractivity contribution is -0.161. The van der Waals surface area contributed by atoms with Crippen LogP contribution in [-0.4, -0.2) is 88.1 Å². The van der Waals surface area contributed by atoms with Crippen LogP contribution in [0, 0.1) is 11.8 Å². The molecule has 0 saturated heterocycles. The minimum Gasteiger partial charge on any atom is -0.480 e. The Morgan fingerprint density at radius 2 is 1.25 bits per heavy atom. The number of aliphatic hydroxyl groups excluding tert-OH is 2. The molecule has 0 amide bonds. The van der Waals surface area contributed by atoms with Gasteiger partial charge in [0, 0.05) is 31.1 Å². The fourth-order valence-electron chi connectivity index (χ4n) is 7.34. The number of hydrogen-bond acceptors (Lipinski definition) is 12. The van der Waals surface area contributed by atoms with Gasteiger partial charge in [-0.05, 0) is 57.8 Å².